The number of rotatable bonds is 5. The third-order valence-corrected chi connectivity index (χ3v) is 4.42. The Kier molecular flexibility index (Phi) is 4.99. The van der Waals surface area contributed by atoms with Crippen molar-refractivity contribution in [2.45, 2.75) is 46.0 Å². The summed E-state index contributed by atoms with van der Waals surface area (Å²) in [5, 5.41) is 12.2. The van der Waals surface area contributed by atoms with E-state index in [1.807, 2.05) is 18.2 Å². The average Bonchev–Trinajstić information content (AvgIpc) is 2.97. The van der Waals surface area contributed by atoms with Crippen LogP contribution < -0.4 is 5.32 Å². The van der Waals surface area contributed by atoms with Crippen LogP contribution in [-0.2, 0) is 22.4 Å². The minimum Gasteiger partial charge on any atom is -0.481 e. The fourth-order valence-electron chi connectivity index (χ4n) is 3.19. The zero-order chi connectivity index (χ0) is 15.4. The number of aliphatic carboxylic acids is 1. The molecule has 1 aliphatic rings. The Bertz CT molecular complexity index is 517. The number of hydrogen-bond acceptors (Lipinski definition) is 2. The Morgan fingerprint density at radius 2 is 1.71 bits per heavy atom. The van der Waals surface area contributed by atoms with Gasteiger partial charge in [-0.3, -0.25) is 9.59 Å². The second kappa shape index (κ2) is 6.74. The summed E-state index contributed by atoms with van der Waals surface area (Å²) in [6, 6.07) is 6.03. The topological polar surface area (TPSA) is 66.4 Å². The van der Waals surface area contributed by atoms with Crippen molar-refractivity contribution in [1.82, 2.24) is 0 Å². The van der Waals surface area contributed by atoms with E-state index in [9.17, 15) is 14.7 Å². The Hall–Kier alpha value is -1.84. The number of hydrogen-bond donors (Lipinski definition) is 2. The highest BCUT2D eigenvalue weighted by Gasteiger charge is 2.37. The van der Waals surface area contributed by atoms with Crippen LogP contribution in [0.2, 0.25) is 0 Å². The molecule has 1 saturated carbocycles. The van der Waals surface area contributed by atoms with Crippen LogP contribution in [-0.4, -0.2) is 17.0 Å². The Balaban J connectivity index is 2.21. The van der Waals surface area contributed by atoms with Crippen molar-refractivity contribution >= 4 is 17.6 Å². The van der Waals surface area contributed by atoms with Crippen molar-refractivity contribution in [1.29, 1.82) is 0 Å². The molecule has 4 nitrogen and oxygen atoms in total. The molecule has 2 rings (SSSR count). The molecule has 0 aliphatic heterocycles. The molecule has 1 aliphatic carbocycles. The van der Waals surface area contributed by atoms with Crippen LogP contribution in [0.3, 0.4) is 0 Å². The van der Waals surface area contributed by atoms with Gasteiger partial charge < -0.3 is 10.4 Å². The number of anilines is 1. The fraction of sp³-hybridized carbons (Fsp3) is 0.529. The summed E-state index contributed by atoms with van der Waals surface area (Å²) in [6.45, 7) is 4.11. The summed E-state index contributed by atoms with van der Waals surface area (Å²) in [4.78, 5) is 23.7. The van der Waals surface area contributed by atoms with Gasteiger partial charge in [0.25, 0.3) is 0 Å². The van der Waals surface area contributed by atoms with Crippen LogP contribution in [0, 0.1) is 11.8 Å². The van der Waals surface area contributed by atoms with E-state index in [0.29, 0.717) is 12.8 Å². The molecular formula is C17H23NO3. The maximum atomic E-state index is 12.5. The lowest BCUT2D eigenvalue weighted by Gasteiger charge is -2.19. The van der Waals surface area contributed by atoms with Crippen LogP contribution in [0.25, 0.3) is 0 Å². The number of amides is 1. The third-order valence-electron chi connectivity index (χ3n) is 4.42. The van der Waals surface area contributed by atoms with Crippen LogP contribution in [0.15, 0.2) is 18.2 Å². The smallest absolute Gasteiger partial charge is 0.307 e. The van der Waals surface area contributed by atoms with E-state index in [2.05, 4.69) is 19.2 Å². The van der Waals surface area contributed by atoms with Gasteiger partial charge in [-0.2, -0.15) is 0 Å². The van der Waals surface area contributed by atoms with Crippen molar-refractivity contribution in [3.05, 3.63) is 29.3 Å². The molecule has 114 valence electrons. The number of benzene rings is 1. The Labute approximate surface area is 125 Å². The first-order valence-electron chi connectivity index (χ1n) is 7.72. The molecule has 0 spiro atoms. The number of aryl methyl sites for hydroxylation is 2. The minimum atomic E-state index is -0.854. The molecule has 0 saturated heterocycles. The van der Waals surface area contributed by atoms with Gasteiger partial charge in [0.2, 0.25) is 5.91 Å². The van der Waals surface area contributed by atoms with E-state index in [-0.39, 0.29) is 5.91 Å². The zero-order valence-corrected chi connectivity index (χ0v) is 12.7. The first kappa shape index (κ1) is 15.5. The number of para-hydroxylation sites is 1. The number of carbonyl (C=O) groups is 2. The molecular weight excluding hydrogens is 266 g/mol. The van der Waals surface area contributed by atoms with Gasteiger partial charge in [0.1, 0.15) is 0 Å². The molecule has 2 N–H and O–H groups in total. The van der Waals surface area contributed by atoms with E-state index in [1.165, 1.54) is 0 Å². The summed E-state index contributed by atoms with van der Waals surface area (Å²) in [6.07, 6.45) is 3.76. The molecule has 1 aromatic rings. The molecule has 1 amide bonds. The van der Waals surface area contributed by atoms with Crippen molar-refractivity contribution in [3.63, 3.8) is 0 Å². The molecule has 2 atom stereocenters. The number of carboxylic acid groups (broad SMARTS) is 1. The van der Waals surface area contributed by atoms with Gasteiger partial charge in [0.15, 0.2) is 0 Å². The highest BCUT2D eigenvalue weighted by atomic mass is 16.4. The Morgan fingerprint density at radius 3 is 2.24 bits per heavy atom. The molecule has 0 bridgehead atoms. The van der Waals surface area contributed by atoms with Gasteiger partial charge in [0, 0.05) is 5.69 Å². The summed E-state index contributed by atoms with van der Waals surface area (Å²) < 4.78 is 0. The van der Waals surface area contributed by atoms with Crippen molar-refractivity contribution in [2.24, 2.45) is 11.8 Å². The maximum absolute atomic E-state index is 12.5. The highest BCUT2D eigenvalue weighted by molar-refractivity contribution is 5.96. The summed E-state index contributed by atoms with van der Waals surface area (Å²) in [5.74, 6) is -1.94. The van der Waals surface area contributed by atoms with Crippen molar-refractivity contribution in [3.8, 4) is 0 Å². The maximum Gasteiger partial charge on any atom is 0.307 e. The lowest BCUT2D eigenvalue weighted by Crippen LogP contribution is -2.30. The van der Waals surface area contributed by atoms with E-state index in [0.717, 1.165) is 36.1 Å². The molecule has 0 heterocycles. The third kappa shape index (κ3) is 3.26. The molecule has 1 fully saturated rings. The van der Waals surface area contributed by atoms with Gasteiger partial charge in [-0.05, 0) is 36.8 Å². The SMILES string of the molecule is CCc1cccc(CC)c1NC(=O)[C@@H]1CCC[C@@H]1C(=O)O. The van der Waals surface area contributed by atoms with Crippen LogP contribution in [0.1, 0.15) is 44.2 Å². The molecule has 21 heavy (non-hydrogen) atoms. The molecule has 4 heteroatoms. The standard InChI is InChI=1S/C17H23NO3/c1-3-11-7-5-8-12(4-2)15(11)18-16(19)13-9-6-10-14(13)17(20)21/h5,7-8,13-14H,3-4,6,9-10H2,1-2H3,(H,18,19)(H,20,21)/t13-,14+/m1/s1. The summed E-state index contributed by atoms with van der Waals surface area (Å²) in [7, 11) is 0. The van der Waals surface area contributed by atoms with Gasteiger partial charge in [0.05, 0.1) is 11.8 Å². The summed E-state index contributed by atoms with van der Waals surface area (Å²) in [5.41, 5.74) is 3.09. The second-order valence-corrected chi connectivity index (χ2v) is 5.63. The van der Waals surface area contributed by atoms with Gasteiger partial charge in [-0.25, -0.2) is 0 Å². The second-order valence-electron chi connectivity index (χ2n) is 5.63. The largest absolute Gasteiger partial charge is 0.481 e. The highest BCUT2D eigenvalue weighted by Crippen LogP contribution is 2.33. The van der Waals surface area contributed by atoms with Crippen LogP contribution in [0.4, 0.5) is 5.69 Å². The lowest BCUT2D eigenvalue weighted by molar-refractivity contribution is -0.145. The van der Waals surface area contributed by atoms with Gasteiger partial charge in [-0.15, -0.1) is 0 Å². The minimum absolute atomic E-state index is 0.143. The number of nitrogens with one attached hydrogen (secondary N) is 1. The normalized spacial score (nSPS) is 21.2. The molecule has 0 aromatic heterocycles. The summed E-state index contributed by atoms with van der Waals surface area (Å²) >= 11 is 0. The number of carbonyl (C=O) groups excluding carboxylic acids is 1. The Morgan fingerprint density at radius 1 is 1.14 bits per heavy atom. The van der Waals surface area contributed by atoms with Gasteiger partial charge >= 0.3 is 5.97 Å². The fourth-order valence-corrected chi connectivity index (χ4v) is 3.19. The van der Waals surface area contributed by atoms with E-state index in [4.69, 9.17) is 0 Å². The molecule has 0 unspecified atom stereocenters. The monoisotopic (exact) mass is 289 g/mol. The predicted octanol–water partition coefficient (Wildman–Crippen LogP) is 3.25. The van der Waals surface area contributed by atoms with Gasteiger partial charge in [-0.1, -0.05) is 38.5 Å². The quantitative estimate of drug-likeness (QED) is 0.874. The number of carboxylic acids is 1. The molecule has 1 aromatic carbocycles. The predicted molar refractivity (Wildman–Crippen MR) is 82.3 cm³/mol. The lowest BCUT2D eigenvalue weighted by atomic mass is 9.94. The zero-order valence-electron chi connectivity index (χ0n) is 12.7. The van der Waals surface area contributed by atoms with Crippen LogP contribution >= 0.6 is 0 Å². The first-order valence-corrected chi connectivity index (χ1v) is 7.72. The average molecular weight is 289 g/mol. The van der Waals surface area contributed by atoms with Crippen molar-refractivity contribution < 1.29 is 14.7 Å². The molecule has 0 radical (unpaired) electrons. The van der Waals surface area contributed by atoms with E-state index >= 15 is 0 Å². The first-order chi connectivity index (χ1) is 10.1. The van der Waals surface area contributed by atoms with E-state index in [1.54, 1.807) is 0 Å². The van der Waals surface area contributed by atoms with Crippen molar-refractivity contribution in [2.75, 3.05) is 5.32 Å². The van der Waals surface area contributed by atoms with E-state index < -0.39 is 17.8 Å². The van der Waals surface area contributed by atoms with Crippen LogP contribution in [0.5, 0.6) is 0 Å².